The minimum Gasteiger partial charge on any atom is -0.356 e. The van der Waals surface area contributed by atoms with Gasteiger partial charge in [0.15, 0.2) is 0 Å². The molecule has 0 amide bonds. The Labute approximate surface area is 79.1 Å². The second-order valence-corrected chi connectivity index (χ2v) is 3.28. The number of nitrogens with zero attached hydrogens (tertiary/aromatic N) is 3. The molecule has 0 unspecified atom stereocenters. The molecule has 0 atom stereocenters. The molecule has 3 nitrogen and oxygen atoms in total. The minimum atomic E-state index is 0.797. The van der Waals surface area contributed by atoms with Crippen molar-refractivity contribution in [1.82, 2.24) is 9.97 Å². The molecular formula is C10H15N3. The summed E-state index contributed by atoms with van der Waals surface area (Å²) in [6.45, 7) is 8.58. The Bertz CT molecular complexity index is 307. The van der Waals surface area contributed by atoms with E-state index < -0.39 is 0 Å². The van der Waals surface area contributed by atoms with Crippen molar-refractivity contribution < 1.29 is 0 Å². The van der Waals surface area contributed by atoms with Crippen LogP contribution in [0, 0.1) is 6.92 Å². The molecule has 0 aliphatic carbocycles. The van der Waals surface area contributed by atoms with Crippen LogP contribution in [-0.2, 0) is 0 Å². The highest BCUT2D eigenvalue weighted by molar-refractivity contribution is 5.37. The Kier molecular flexibility index (Phi) is 3.01. The average molecular weight is 177 g/mol. The maximum atomic E-state index is 4.30. The normalized spacial score (nSPS) is 9.77. The third-order valence-corrected chi connectivity index (χ3v) is 1.66. The van der Waals surface area contributed by atoms with Crippen LogP contribution in [0.1, 0.15) is 12.7 Å². The zero-order chi connectivity index (χ0) is 9.84. The van der Waals surface area contributed by atoms with Crippen LogP contribution in [0.4, 0.5) is 5.82 Å². The topological polar surface area (TPSA) is 29.0 Å². The molecule has 0 spiro atoms. The van der Waals surface area contributed by atoms with Crippen molar-refractivity contribution in [3.8, 4) is 0 Å². The van der Waals surface area contributed by atoms with Crippen LogP contribution in [0.15, 0.2) is 24.4 Å². The first-order valence-electron chi connectivity index (χ1n) is 4.25. The summed E-state index contributed by atoms with van der Waals surface area (Å²) >= 11 is 0. The molecule has 70 valence electrons. The predicted molar refractivity (Wildman–Crippen MR) is 54.9 cm³/mol. The molecule has 1 aromatic heterocycles. The van der Waals surface area contributed by atoms with E-state index in [0.717, 1.165) is 23.8 Å². The number of hydrogen-bond donors (Lipinski definition) is 0. The van der Waals surface area contributed by atoms with E-state index in [1.54, 1.807) is 6.20 Å². The van der Waals surface area contributed by atoms with Crippen molar-refractivity contribution in [1.29, 1.82) is 0 Å². The van der Waals surface area contributed by atoms with Gasteiger partial charge in [0, 0.05) is 19.8 Å². The number of anilines is 1. The second kappa shape index (κ2) is 4.03. The first kappa shape index (κ1) is 9.71. The van der Waals surface area contributed by atoms with Crippen LogP contribution >= 0.6 is 0 Å². The lowest BCUT2D eigenvalue weighted by molar-refractivity contribution is 0.924. The quantitative estimate of drug-likeness (QED) is 0.659. The van der Waals surface area contributed by atoms with E-state index in [1.165, 1.54) is 0 Å². The molecule has 0 saturated carbocycles. The van der Waals surface area contributed by atoms with Crippen molar-refractivity contribution in [3.63, 3.8) is 0 Å². The van der Waals surface area contributed by atoms with Gasteiger partial charge in [0.25, 0.3) is 0 Å². The van der Waals surface area contributed by atoms with Gasteiger partial charge in [0.1, 0.15) is 11.6 Å². The molecule has 1 aromatic rings. The van der Waals surface area contributed by atoms with Crippen LogP contribution in [0.5, 0.6) is 0 Å². The van der Waals surface area contributed by atoms with Crippen molar-refractivity contribution in [2.24, 2.45) is 0 Å². The molecule has 13 heavy (non-hydrogen) atoms. The lowest BCUT2D eigenvalue weighted by atomic mass is 10.3. The molecule has 1 heterocycles. The largest absolute Gasteiger partial charge is 0.356 e. The Morgan fingerprint density at radius 1 is 1.62 bits per heavy atom. The van der Waals surface area contributed by atoms with Gasteiger partial charge in [-0.25, -0.2) is 9.97 Å². The van der Waals surface area contributed by atoms with Gasteiger partial charge in [-0.3, -0.25) is 0 Å². The standard InChI is InChI=1S/C10H15N3/c1-8(2)7-13(4)10-5-6-11-9(3)12-10/h5-6H,1,7H2,2-4H3. The van der Waals surface area contributed by atoms with E-state index in [4.69, 9.17) is 0 Å². The summed E-state index contributed by atoms with van der Waals surface area (Å²) in [6, 6.07) is 1.90. The van der Waals surface area contributed by atoms with Crippen LogP contribution in [0.3, 0.4) is 0 Å². The van der Waals surface area contributed by atoms with Crippen molar-refractivity contribution in [3.05, 3.63) is 30.2 Å². The summed E-state index contributed by atoms with van der Waals surface area (Å²) in [5.74, 6) is 1.74. The van der Waals surface area contributed by atoms with E-state index in [2.05, 4.69) is 21.4 Å². The zero-order valence-electron chi connectivity index (χ0n) is 8.41. The molecule has 0 radical (unpaired) electrons. The predicted octanol–water partition coefficient (Wildman–Crippen LogP) is 1.80. The molecule has 0 fully saturated rings. The van der Waals surface area contributed by atoms with Gasteiger partial charge in [0.2, 0.25) is 0 Å². The zero-order valence-corrected chi connectivity index (χ0v) is 8.41. The van der Waals surface area contributed by atoms with Gasteiger partial charge in [-0.1, -0.05) is 12.2 Å². The number of hydrogen-bond acceptors (Lipinski definition) is 3. The molecule has 3 heteroatoms. The van der Waals surface area contributed by atoms with E-state index in [-0.39, 0.29) is 0 Å². The number of aryl methyl sites for hydroxylation is 1. The highest BCUT2D eigenvalue weighted by atomic mass is 15.2. The first-order valence-corrected chi connectivity index (χ1v) is 4.25. The van der Waals surface area contributed by atoms with E-state index in [0.29, 0.717) is 0 Å². The summed E-state index contributed by atoms with van der Waals surface area (Å²) in [7, 11) is 2.00. The molecular weight excluding hydrogens is 162 g/mol. The lowest BCUT2D eigenvalue weighted by Gasteiger charge is -2.17. The third kappa shape index (κ3) is 2.86. The van der Waals surface area contributed by atoms with Gasteiger partial charge in [-0.2, -0.15) is 0 Å². The Morgan fingerprint density at radius 2 is 2.31 bits per heavy atom. The summed E-state index contributed by atoms with van der Waals surface area (Å²) in [4.78, 5) is 10.4. The molecule has 0 aliphatic heterocycles. The molecule has 1 rings (SSSR count). The number of aromatic nitrogens is 2. The van der Waals surface area contributed by atoms with Gasteiger partial charge in [-0.05, 0) is 19.9 Å². The molecule has 0 saturated heterocycles. The third-order valence-electron chi connectivity index (χ3n) is 1.66. The van der Waals surface area contributed by atoms with Gasteiger partial charge in [-0.15, -0.1) is 0 Å². The molecule has 0 aromatic carbocycles. The fraction of sp³-hybridized carbons (Fsp3) is 0.400. The fourth-order valence-electron chi connectivity index (χ4n) is 1.14. The number of rotatable bonds is 3. The lowest BCUT2D eigenvalue weighted by Crippen LogP contribution is -2.20. The van der Waals surface area contributed by atoms with Gasteiger partial charge >= 0.3 is 0 Å². The first-order chi connectivity index (χ1) is 6.09. The molecule has 0 N–H and O–H groups in total. The smallest absolute Gasteiger partial charge is 0.132 e. The maximum absolute atomic E-state index is 4.30. The Balaban J connectivity index is 2.76. The van der Waals surface area contributed by atoms with Crippen LogP contribution in [-0.4, -0.2) is 23.6 Å². The second-order valence-electron chi connectivity index (χ2n) is 3.28. The summed E-state index contributed by atoms with van der Waals surface area (Å²) in [5, 5.41) is 0. The van der Waals surface area contributed by atoms with Crippen LogP contribution in [0.2, 0.25) is 0 Å². The van der Waals surface area contributed by atoms with Crippen LogP contribution in [0.25, 0.3) is 0 Å². The van der Waals surface area contributed by atoms with E-state index >= 15 is 0 Å². The van der Waals surface area contributed by atoms with Gasteiger partial charge < -0.3 is 4.90 Å². The Hall–Kier alpha value is -1.38. The van der Waals surface area contributed by atoms with Crippen molar-refractivity contribution in [2.75, 3.05) is 18.5 Å². The fourth-order valence-corrected chi connectivity index (χ4v) is 1.14. The summed E-state index contributed by atoms with van der Waals surface area (Å²) in [5.41, 5.74) is 1.12. The summed E-state index contributed by atoms with van der Waals surface area (Å²) < 4.78 is 0. The van der Waals surface area contributed by atoms with Crippen molar-refractivity contribution >= 4 is 5.82 Å². The summed E-state index contributed by atoms with van der Waals surface area (Å²) in [6.07, 6.45) is 1.77. The maximum Gasteiger partial charge on any atom is 0.132 e. The van der Waals surface area contributed by atoms with Crippen LogP contribution < -0.4 is 4.90 Å². The highest BCUT2D eigenvalue weighted by Crippen LogP contribution is 2.08. The van der Waals surface area contributed by atoms with Gasteiger partial charge in [0.05, 0.1) is 0 Å². The Morgan fingerprint density at radius 3 is 2.85 bits per heavy atom. The minimum absolute atomic E-state index is 0.797. The molecule has 0 aliphatic rings. The van der Waals surface area contributed by atoms with Crippen molar-refractivity contribution in [2.45, 2.75) is 13.8 Å². The monoisotopic (exact) mass is 177 g/mol. The highest BCUT2D eigenvalue weighted by Gasteiger charge is 2.01. The number of likely N-dealkylation sites (N-methyl/N-ethyl adjacent to an activating group) is 1. The van der Waals surface area contributed by atoms with E-state index in [1.807, 2.05) is 27.0 Å². The SMILES string of the molecule is C=C(C)CN(C)c1ccnc(C)n1. The van der Waals surface area contributed by atoms with E-state index in [9.17, 15) is 0 Å². The molecule has 0 bridgehead atoms. The average Bonchev–Trinajstić information content (AvgIpc) is 2.03.